The molecule has 0 unspecified atom stereocenters. The van der Waals surface area contributed by atoms with E-state index in [0.717, 1.165) is 10.0 Å². The topological polar surface area (TPSA) is 0 Å². The zero-order chi connectivity index (χ0) is 12.0. The molecule has 0 bridgehead atoms. The van der Waals surface area contributed by atoms with Crippen molar-refractivity contribution >= 4 is 93.2 Å². The van der Waals surface area contributed by atoms with E-state index in [4.69, 9.17) is 23.2 Å². The third kappa shape index (κ3) is 9.92. The van der Waals surface area contributed by atoms with Crippen LogP contribution in [0.2, 0.25) is 10.0 Å². The van der Waals surface area contributed by atoms with E-state index in [1.807, 2.05) is 48.5 Å². The van der Waals surface area contributed by atoms with Gasteiger partial charge in [0.25, 0.3) is 0 Å². The minimum absolute atomic E-state index is 0. The molecule has 0 atom stereocenters. The van der Waals surface area contributed by atoms with Gasteiger partial charge in [0, 0.05) is 17.2 Å². The fourth-order valence-corrected chi connectivity index (χ4v) is 1.83. The molecule has 0 nitrogen and oxygen atoms in total. The van der Waals surface area contributed by atoms with E-state index in [1.54, 1.807) is 0 Å². The monoisotopic (exact) mass is 548 g/mol. The van der Waals surface area contributed by atoms with Crippen LogP contribution >= 0.6 is 93.2 Å². The van der Waals surface area contributed by atoms with Crippen molar-refractivity contribution < 1.29 is 0 Å². The lowest BCUT2D eigenvalue weighted by Crippen LogP contribution is -1.65. The van der Waals surface area contributed by atoms with Gasteiger partial charge in [0.05, 0.1) is 0 Å². The molecular formula is C12H10Cl4I2. The van der Waals surface area contributed by atoms with E-state index in [2.05, 4.69) is 45.2 Å². The first-order valence-electron chi connectivity index (χ1n) is 4.40. The van der Waals surface area contributed by atoms with Crippen LogP contribution in [-0.2, 0) is 0 Å². The molecule has 2 aromatic rings. The molecule has 0 aliphatic carbocycles. The Balaban J connectivity index is 0. The maximum absolute atomic E-state index is 5.61. The lowest BCUT2D eigenvalue weighted by Gasteiger charge is -1.86. The van der Waals surface area contributed by atoms with Crippen LogP contribution in [0.4, 0.5) is 0 Å². The molecule has 0 aromatic heterocycles. The van der Waals surface area contributed by atoms with Gasteiger partial charge in [-0.25, -0.2) is 0 Å². The molecule has 0 saturated carbocycles. The maximum atomic E-state index is 5.61. The van der Waals surface area contributed by atoms with Gasteiger partial charge in [-0.1, -0.05) is 23.2 Å². The number of hydrogen-bond donors (Lipinski definition) is 0. The van der Waals surface area contributed by atoms with Gasteiger partial charge in [-0.2, -0.15) is 0 Å². The predicted molar refractivity (Wildman–Crippen MR) is 103 cm³/mol. The van der Waals surface area contributed by atoms with Crippen molar-refractivity contribution in [2.75, 3.05) is 0 Å². The Morgan fingerprint density at radius 2 is 0.778 bits per heavy atom. The highest BCUT2D eigenvalue weighted by atomic mass is 127. The third-order valence-electron chi connectivity index (χ3n) is 1.61. The molecule has 0 fully saturated rings. The summed E-state index contributed by atoms with van der Waals surface area (Å²) >= 11 is 15.7. The number of rotatable bonds is 0. The van der Waals surface area contributed by atoms with Crippen LogP contribution in [0.5, 0.6) is 0 Å². The highest BCUT2D eigenvalue weighted by Crippen LogP contribution is 2.10. The van der Waals surface area contributed by atoms with Gasteiger partial charge >= 0.3 is 0 Å². The Morgan fingerprint density at radius 1 is 0.556 bits per heavy atom. The molecule has 0 amide bonds. The molecule has 0 spiro atoms. The van der Waals surface area contributed by atoms with E-state index < -0.39 is 0 Å². The Labute approximate surface area is 157 Å². The van der Waals surface area contributed by atoms with Crippen LogP contribution < -0.4 is 0 Å². The summed E-state index contributed by atoms with van der Waals surface area (Å²) in [5.74, 6) is 0. The number of benzene rings is 2. The molecule has 0 saturated heterocycles. The van der Waals surface area contributed by atoms with E-state index >= 15 is 0 Å². The van der Waals surface area contributed by atoms with Crippen LogP contribution in [0.3, 0.4) is 0 Å². The average Bonchev–Trinajstić information content (AvgIpc) is 2.28. The highest BCUT2D eigenvalue weighted by Gasteiger charge is 1.84. The summed E-state index contributed by atoms with van der Waals surface area (Å²) in [5, 5.41) is 1.59. The lowest BCUT2D eigenvalue weighted by atomic mass is 10.4. The fraction of sp³-hybridized carbons (Fsp3) is 0. The number of hydrogen-bond acceptors (Lipinski definition) is 0. The molecule has 6 heteroatoms. The molecule has 0 radical (unpaired) electrons. The molecule has 2 aromatic carbocycles. The summed E-state index contributed by atoms with van der Waals surface area (Å²) < 4.78 is 2.43. The van der Waals surface area contributed by atoms with Crippen LogP contribution in [0.25, 0.3) is 0 Å². The van der Waals surface area contributed by atoms with Crippen molar-refractivity contribution in [1.82, 2.24) is 0 Å². The molecule has 18 heavy (non-hydrogen) atoms. The smallest absolute Gasteiger partial charge is 0.0406 e. The summed E-state index contributed by atoms with van der Waals surface area (Å²) in [6.07, 6.45) is 0. The largest absolute Gasteiger partial charge is 0.147 e. The molecular weight excluding hydrogens is 540 g/mol. The molecule has 0 aliphatic heterocycles. The SMILES string of the molecule is Cl.Cl.Clc1ccc(I)cc1.Clc1ccc(I)cc1. The van der Waals surface area contributed by atoms with Crippen molar-refractivity contribution in [3.05, 3.63) is 65.7 Å². The minimum atomic E-state index is 0. The Kier molecular flexibility index (Phi) is 14.1. The summed E-state index contributed by atoms with van der Waals surface area (Å²) in [5.41, 5.74) is 0. The number of halogens is 6. The summed E-state index contributed by atoms with van der Waals surface area (Å²) in [4.78, 5) is 0. The fourth-order valence-electron chi connectivity index (χ4n) is 0.859. The molecule has 0 heterocycles. The van der Waals surface area contributed by atoms with Crippen LogP contribution in [-0.4, -0.2) is 0 Å². The standard InChI is InChI=1S/2C6H4ClI.2ClH/c2*7-5-1-3-6(8)4-2-5;;/h2*1-4H;2*1H. The maximum Gasteiger partial charge on any atom is 0.0406 e. The molecule has 100 valence electrons. The predicted octanol–water partition coefficient (Wildman–Crippen LogP) is 6.73. The van der Waals surface area contributed by atoms with Crippen molar-refractivity contribution in [2.24, 2.45) is 0 Å². The normalized spacial score (nSPS) is 8.22. The lowest BCUT2D eigenvalue weighted by molar-refractivity contribution is 1.65. The second-order valence-corrected chi connectivity index (χ2v) is 6.24. The highest BCUT2D eigenvalue weighted by molar-refractivity contribution is 14.1. The van der Waals surface area contributed by atoms with Crippen LogP contribution in [0.1, 0.15) is 0 Å². The van der Waals surface area contributed by atoms with Gasteiger partial charge in [-0.15, -0.1) is 24.8 Å². The Bertz CT molecular complexity index is 343. The van der Waals surface area contributed by atoms with E-state index in [9.17, 15) is 0 Å². The summed E-state index contributed by atoms with van der Waals surface area (Å²) in [6.45, 7) is 0. The van der Waals surface area contributed by atoms with Gasteiger partial charge in [0.1, 0.15) is 0 Å². The quantitative estimate of drug-likeness (QED) is 0.320. The van der Waals surface area contributed by atoms with Crippen molar-refractivity contribution in [2.45, 2.75) is 0 Å². The van der Waals surface area contributed by atoms with Crippen molar-refractivity contribution in [1.29, 1.82) is 0 Å². The van der Waals surface area contributed by atoms with Crippen molar-refractivity contribution in [3.8, 4) is 0 Å². The molecule has 2 rings (SSSR count). The first kappa shape index (κ1) is 21.4. The van der Waals surface area contributed by atoms with Gasteiger partial charge in [-0.3, -0.25) is 0 Å². The van der Waals surface area contributed by atoms with Crippen molar-refractivity contribution in [3.63, 3.8) is 0 Å². The molecule has 0 aliphatic rings. The molecule has 0 N–H and O–H groups in total. The van der Waals surface area contributed by atoms with Gasteiger partial charge in [0.15, 0.2) is 0 Å². The van der Waals surface area contributed by atoms with Gasteiger partial charge in [0.2, 0.25) is 0 Å². The second kappa shape index (κ2) is 11.9. The summed E-state index contributed by atoms with van der Waals surface area (Å²) in [6, 6.07) is 15.4. The van der Waals surface area contributed by atoms with E-state index in [0.29, 0.717) is 0 Å². The second-order valence-electron chi connectivity index (χ2n) is 2.87. The van der Waals surface area contributed by atoms with E-state index in [1.165, 1.54) is 7.14 Å². The van der Waals surface area contributed by atoms with Crippen LogP contribution in [0, 0.1) is 7.14 Å². The first-order chi connectivity index (χ1) is 7.58. The average molecular weight is 550 g/mol. The zero-order valence-corrected chi connectivity index (χ0v) is 16.4. The first-order valence-corrected chi connectivity index (χ1v) is 7.31. The Morgan fingerprint density at radius 3 is 0.944 bits per heavy atom. The van der Waals surface area contributed by atoms with Gasteiger partial charge in [-0.05, 0) is 93.7 Å². The van der Waals surface area contributed by atoms with Crippen LogP contribution in [0.15, 0.2) is 48.5 Å². The third-order valence-corrected chi connectivity index (χ3v) is 3.55. The minimum Gasteiger partial charge on any atom is -0.147 e. The zero-order valence-electron chi connectivity index (χ0n) is 8.95. The van der Waals surface area contributed by atoms with E-state index in [-0.39, 0.29) is 24.8 Å². The Hall–Kier alpha value is 1.06. The summed E-state index contributed by atoms with van der Waals surface area (Å²) in [7, 11) is 0. The van der Waals surface area contributed by atoms with Gasteiger partial charge < -0.3 is 0 Å².